The Morgan fingerprint density at radius 2 is 2.19 bits per heavy atom. The quantitative estimate of drug-likeness (QED) is 0.803. The third-order valence-corrected chi connectivity index (χ3v) is 2.39. The van der Waals surface area contributed by atoms with Gasteiger partial charge in [0.1, 0.15) is 5.75 Å². The molecule has 0 aliphatic rings. The van der Waals surface area contributed by atoms with Crippen molar-refractivity contribution in [3.05, 3.63) is 24.0 Å². The Hall–Kier alpha value is -1.13. The van der Waals surface area contributed by atoms with Gasteiger partial charge in [-0.05, 0) is 19.9 Å². The van der Waals surface area contributed by atoms with Crippen molar-refractivity contribution >= 4 is 0 Å². The number of ether oxygens (including phenoxy) is 2. The molecule has 4 nitrogen and oxygen atoms in total. The molecule has 0 saturated carbocycles. The minimum atomic E-state index is -0.567. The van der Waals surface area contributed by atoms with Gasteiger partial charge >= 0.3 is 0 Å². The number of nitrogens with zero attached hydrogens (tertiary/aromatic N) is 1. The van der Waals surface area contributed by atoms with Gasteiger partial charge in [-0.2, -0.15) is 0 Å². The van der Waals surface area contributed by atoms with Crippen molar-refractivity contribution in [3.63, 3.8) is 0 Å². The van der Waals surface area contributed by atoms with Crippen molar-refractivity contribution in [2.75, 3.05) is 13.7 Å². The molecule has 0 spiro atoms. The lowest BCUT2D eigenvalue weighted by atomic mass is 10.1. The van der Waals surface area contributed by atoms with Crippen LogP contribution in [0.5, 0.6) is 5.75 Å². The maximum atomic E-state index is 9.94. The van der Waals surface area contributed by atoms with Crippen LogP contribution < -0.4 is 4.74 Å². The molecule has 1 aromatic rings. The molecule has 0 amide bonds. The summed E-state index contributed by atoms with van der Waals surface area (Å²) in [5, 5.41) is 9.94. The standard InChI is InChI=1S/C12H19NO3/c1-4-16-11-6-10(7-13-8-11)12(14)5-9(2)15-3/h6-9,12,14H,4-5H2,1-3H3. The Labute approximate surface area is 96.2 Å². The molecule has 0 bridgehead atoms. The fourth-order valence-corrected chi connectivity index (χ4v) is 1.41. The first-order valence-corrected chi connectivity index (χ1v) is 5.46. The van der Waals surface area contributed by atoms with Gasteiger partial charge in [0, 0.05) is 25.3 Å². The number of methoxy groups -OCH3 is 1. The molecule has 2 unspecified atom stereocenters. The highest BCUT2D eigenvalue weighted by Gasteiger charge is 2.13. The van der Waals surface area contributed by atoms with E-state index in [4.69, 9.17) is 9.47 Å². The van der Waals surface area contributed by atoms with E-state index in [2.05, 4.69) is 4.98 Å². The second-order valence-electron chi connectivity index (χ2n) is 3.68. The Morgan fingerprint density at radius 3 is 2.81 bits per heavy atom. The van der Waals surface area contributed by atoms with E-state index in [0.29, 0.717) is 18.8 Å². The fraction of sp³-hybridized carbons (Fsp3) is 0.583. The van der Waals surface area contributed by atoms with Crippen LogP contribution in [-0.4, -0.2) is 29.9 Å². The van der Waals surface area contributed by atoms with Crippen LogP contribution in [0.1, 0.15) is 31.9 Å². The molecule has 2 atom stereocenters. The van der Waals surface area contributed by atoms with Crippen LogP contribution in [-0.2, 0) is 4.74 Å². The van der Waals surface area contributed by atoms with E-state index in [1.807, 2.05) is 19.9 Å². The first-order chi connectivity index (χ1) is 7.67. The number of rotatable bonds is 6. The molecule has 4 heteroatoms. The minimum Gasteiger partial charge on any atom is -0.492 e. The predicted molar refractivity (Wildman–Crippen MR) is 61.5 cm³/mol. The van der Waals surface area contributed by atoms with Crippen LogP contribution in [0.3, 0.4) is 0 Å². The highest BCUT2D eigenvalue weighted by Crippen LogP contribution is 2.22. The molecule has 0 aliphatic heterocycles. The van der Waals surface area contributed by atoms with Gasteiger partial charge in [0.05, 0.1) is 25.0 Å². The summed E-state index contributed by atoms with van der Waals surface area (Å²) >= 11 is 0. The van der Waals surface area contributed by atoms with E-state index in [9.17, 15) is 5.11 Å². The summed E-state index contributed by atoms with van der Waals surface area (Å²) in [7, 11) is 1.63. The van der Waals surface area contributed by atoms with Crippen LogP contribution in [0.4, 0.5) is 0 Å². The SMILES string of the molecule is CCOc1cncc(C(O)CC(C)OC)c1. The van der Waals surface area contributed by atoms with Crippen LogP contribution in [0.25, 0.3) is 0 Å². The van der Waals surface area contributed by atoms with Crippen molar-refractivity contribution in [3.8, 4) is 5.75 Å². The first-order valence-electron chi connectivity index (χ1n) is 5.46. The fourth-order valence-electron chi connectivity index (χ4n) is 1.41. The number of hydrogen-bond donors (Lipinski definition) is 1. The van der Waals surface area contributed by atoms with Crippen LogP contribution in [0, 0.1) is 0 Å². The molecule has 16 heavy (non-hydrogen) atoms. The zero-order chi connectivity index (χ0) is 12.0. The highest BCUT2D eigenvalue weighted by molar-refractivity contribution is 5.25. The summed E-state index contributed by atoms with van der Waals surface area (Å²) in [6.07, 6.45) is 3.29. The van der Waals surface area contributed by atoms with Gasteiger partial charge in [-0.25, -0.2) is 0 Å². The monoisotopic (exact) mass is 225 g/mol. The number of aliphatic hydroxyl groups is 1. The molecule has 1 aromatic heterocycles. The second kappa shape index (κ2) is 6.45. The van der Waals surface area contributed by atoms with Gasteiger partial charge in [-0.15, -0.1) is 0 Å². The van der Waals surface area contributed by atoms with Crippen LogP contribution in [0.2, 0.25) is 0 Å². The van der Waals surface area contributed by atoms with E-state index in [0.717, 1.165) is 5.56 Å². The molecule has 1 rings (SSSR count). The molecule has 0 fully saturated rings. The van der Waals surface area contributed by atoms with Crippen LogP contribution >= 0.6 is 0 Å². The zero-order valence-corrected chi connectivity index (χ0v) is 10.0. The Balaban J connectivity index is 2.67. The summed E-state index contributed by atoms with van der Waals surface area (Å²) in [5.74, 6) is 0.684. The van der Waals surface area contributed by atoms with Gasteiger partial charge in [0.2, 0.25) is 0 Å². The van der Waals surface area contributed by atoms with E-state index < -0.39 is 6.10 Å². The maximum absolute atomic E-state index is 9.94. The topological polar surface area (TPSA) is 51.6 Å². The van der Waals surface area contributed by atoms with Gasteiger partial charge in [0.15, 0.2) is 0 Å². The Bertz CT molecular complexity index is 317. The maximum Gasteiger partial charge on any atom is 0.137 e. The molecule has 0 radical (unpaired) electrons. The molecular weight excluding hydrogens is 206 g/mol. The normalized spacial score (nSPS) is 14.5. The van der Waals surface area contributed by atoms with E-state index in [1.165, 1.54) is 0 Å². The summed E-state index contributed by atoms with van der Waals surface area (Å²) in [4.78, 5) is 4.03. The number of hydrogen-bond acceptors (Lipinski definition) is 4. The number of pyridine rings is 1. The van der Waals surface area contributed by atoms with Gasteiger partial charge in [-0.3, -0.25) is 4.98 Å². The zero-order valence-electron chi connectivity index (χ0n) is 10.0. The smallest absolute Gasteiger partial charge is 0.137 e. The highest BCUT2D eigenvalue weighted by atomic mass is 16.5. The first kappa shape index (κ1) is 12.9. The van der Waals surface area contributed by atoms with E-state index in [1.54, 1.807) is 19.5 Å². The summed E-state index contributed by atoms with van der Waals surface area (Å²) in [6.45, 7) is 4.43. The van der Waals surface area contributed by atoms with Crippen molar-refractivity contribution < 1.29 is 14.6 Å². The average molecular weight is 225 g/mol. The van der Waals surface area contributed by atoms with Crippen molar-refractivity contribution in [2.24, 2.45) is 0 Å². The Kier molecular flexibility index (Phi) is 5.22. The number of aliphatic hydroxyl groups excluding tert-OH is 1. The molecule has 1 heterocycles. The third-order valence-electron chi connectivity index (χ3n) is 2.39. The average Bonchev–Trinajstić information content (AvgIpc) is 2.29. The van der Waals surface area contributed by atoms with Crippen molar-refractivity contribution in [1.82, 2.24) is 4.98 Å². The van der Waals surface area contributed by atoms with Crippen LogP contribution in [0.15, 0.2) is 18.5 Å². The number of aromatic nitrogens is 1. The lowest BCUT2D eigenvalue weighted by Gasteiger charge is -2.15. The minimum absolute atomic E-state index is 0.0192. The van der Waals surface area contributed by atoms with Gasteiger partial charge in [0.25, 0.3) is 0 Å². The lowest BCUT2D eigenvalue weighted by Crippen LogP contribution is -2.11. The van der Waals surface area contributed by atoms with E-state index >= 15 is 0 Å². The molecule has 90 valence electrons. The molecule has 0 aliphatic carbocycles. The summed E-state index contributed by atoms with van der Waals surface area (Å²) in [5.41, 5.74) is 0.759. The molecule has 0 saturated heterocycles. The van der Waals surface area contributed by atoms with Crippen molar-refractivity contribution in [2.45, 2.75) is 32.5 Å². The summed E-state index contributed by atoms with van der Waals surface area (Å²) in [6, 6.07) is 1.81. The largest absolute Gasteiger partial charge is 0.492 e. The third kappa shape index (κ3) is 3.79. The molecule has 0 aromatic carbocycles. The van der Waals surface area contributed by atoms with E-state index in [-0.39, 0.29) is 6.10 Å². The molecular formula is C12H19NO3. The van der Waals surface area contributed by atoms with Crippen molar-refractivity contribution in [1.29, 1.82) is 0 Å². The van der Waals surface area contributed by atoms with Gasteiger partial charge < -0.3 is 14.6 Å². The molecule has 1 N–H and O–H groups in total. The predicted octanol–water partition coefficient (Wildman–Crippen LogP) is 1.94. The van der Waals surface area contributed by atoms with Gasteiger partial charge in [-0.1, -0.05) is 0 Å². The Morgan fingerprint density at radius 1 is 1.44 bits per heavy atom. The lowest BCUT2D eigenvalue weighted by molar-refractivity contribution is 0.0557. The summed E-state index contributed by atoms with van der Waals surface area (Å²) < 4.78 is 10.4. The second-order valence-corrected chi connectivity index (χ2v) is 3.68.